The lowest BCUT2D eigenvalue weighted by atomic mass is 10.0. The van der Waals surface area contributed by atoms with Gasteiger partial charge in [0, 0.05) is 58.1 Å². The predicted octanol–water partition coefficient (Wildman–Crippen LogP) is 1.21. The van der Waals surface area contributed by atoms with Crippen LogP contribution in [0.4, 0.5) is 0 Å². The molecule has 3 heterocycles. The van der Waals surface area contributed by atoms with Crippen LogP contribution < -0.4 is 0 Å². The number of methoxy groups -OCH3 is 1. The maximum atomic E-state index is 5.67. The van der Waals surface area contributed by atoms with E-state index in [0.29, 0.717) is 6.04 Å². The average molecular weight is 304 g/mol. The molecule has 2 atom stereocenters. The van der Waals surface area contributed by atoms with Gasteiger partial charge in [-0.15, -0.1) is 5.10 Å². The Morgan fingerprint density at radius 2 is 2.18 bits per heavy atom. The molecule has 1 aliphatic rings. The molecule has 0 amide bonds. The Morgan fingerprint density at radius 1 is 1.36 bits per heavy atom. The van der Waals surface area contributed by atoms with Crippen molar-refractivity contribution in [3.05, 3.63) is 29.8 Å². The normalized spacial score (nSPS) is 22.8. The van der Waals surface area contributed by atoms with Gasteiger partial charge < -0.3 is 4.74 Å². The van der Waals surface area contributed by atoms with Crippen LogP contribution in [-0.4, -0.2) is 56.0 Å². The highest BCUT2D eigenvalue weighted by Crippen LogP contribution is 2.29. The van der Waals surface area contributed by atoms with Crippen molar-refractivity contribution in [3.63, 3.8) is 0 Å². The molecule has 0 aliphatic carbocycles. The van der Waals surface area contributed by atoms with Crippen molar-refractivity contribution >= 4 is 0 Å². The molecule has 7 nitrogen and oxygen atoms in total. The highest BCUT2D eigenvalue weighted by molar-refractivity contribution is 5.11. The summed E-state index contributed by atoms with van der Waals surface area (Å²) in [5.74, 6) is 0.272. The Morgan fingerprint density at radius 3 is 2.82 bits per heavy atom. The van der Waals surface area contributed by atoms with E-state index >= 15 is 0 Å². The SMILES string of the molecule is CO[C@@H]1CN(Cc2ccnn2C(C)C)C[C@H]1c1cn(C)nn1. The van der Waals surface area contributed by atoms with Gasteiger partial charge in [-0.05, 0) is 19.9 Å². The van der Waals surface area contributed by atoms with Crippen molar-refractivity contribution in [2.45, 2.75) is 38.5 Å². The van der Waals surface area contributed by atoms with Gasteiger partial charge in [0.2, 0.25) is 0 Å². The molecule has 0 saturated carbocycles. The number of hydrogen-bond donors (Lipinski definition) is 0. The summed E-state index contributed by atoms with van der Waals surface area (Å²) >= 11 is 0. The first-order valence-corrected chi connectivity index (χ1v) is 7.72. The summed E-state index contributed by atoms with van der Waals surface area (Å²) in [7, 11) is 3.67. The Bertz CT molecular complexity index is 619. The summed E-state index contributed by atoms with van der Waals surface area (Å²) in [5, 5.41) is 12.7. The van der Waals surface area contributed by atoms with Gasteiger partial charge in [-0.2, -0.15) is 5.10 Å². The summed E-state index contributed by atoms with van der Waals surface area (Å²) < 4.78 is 9.50. The molecular formula is C15H24N6O. The third-order valence-electron chi connectivity index (χ3n) is 4.27. The first-order valence-electron chi connectivity index (χ1n) is 7.72. The van der Waals surface area contributed by atoms with Gasteiger partial charge in [-0.3, -0.25) is 14.3 Å². The van der Waals surface area contributed by atoms with Crippen molar-refractivity contribution in [3.8, 4) is 0 Å². The molecular weight excluding hydrogens is 280 g/mol. The van der Waals surface area contributed by atoms with Crippen molar-refractivity contribution in [1.82, 2.24) is 29.7 Å². The first kappa shape index (κ1) is 15.2. The largest absolute Gasteiger partial charge is 0.379 e. The number of ether oxygens (including phenoxy) is 1. The van der Waals surface area contributed by atoms with E-state index in [1.165, 1.54) is 5.69 Å². The molecule has 2 aromatic heterocycles. The second kappa shape index (κ2) is 6.18. The minimum atomic E-state index is 0.159. The van der Waals surface area contributed by atoms with Crippen LogP contribution in [0.2, 0.25) is 0 Å². The third kappa shape index (κ3) is 2.91. The van der Waals surface area contributed by atoms with Crippen LogP contribution in [0.1, 0.15) is 37.2 Å². The van der Waals surface area contributed by atoms with Crippen LogP contribution in [0.5, 0.6) is 0 Å². The van der Waals surface area contributed by atoms with E-state index in [2.05, 4.69) is 44.9 Å². The first-order chi connectivity index (χ1) is 10.6. The van der Waals surface area contributed by atoms with E-state index in [9.17, 15) is 0 Å². The van der Waals surface area contributed by atoms with Gasteiger partial charge in [0.05, 0.1) is 17.5 Å². The standard InChI is InChI=1S/C15H24N6O/c1-11(2)21-12(5-6-16-21)7-20-8-13(15(10-20)22-4)14-9-19(3)18-17-14/h5-6,9,11,13,15H,7-8,10H2,1-4H3/t13-,15+/m0/s1. The second-order valence-electron chi connectivity index (χ2n) is 6.25. The van der Waals surface area contributed by atoms with Gasteiger partial charge in [0.15, 0.2) is 0 Å². The lowest BCUT2D eigenvalue weighted by Crippen LogP contribution is -2.24. The van der Waals surface area contributed by atoms with Crippen LogP contribution in [0.15, 0.2) is 18.5 Å². The maximum Gasteiger partial charge on any atom is 0.0897 e. The molecule has 0 N–H and O–H groups in total. The smallest absolute Gasteiger partial charge is 0.0897 e. The Hall–Kier alpha value is -1.73. The summed E-state index contributed by atoms with van der Waals surface area (Å²) in [6.45, 7) is 7.03. The number of aryl methyl sites for hydroxylation is 1. The molecule has 1 aliphatic heterocycles. The van der Waals surface area contributed by atoms with Crippen molar-refractivity contribution in [1.29, 1.82) is 0 Å². The Kier molecular flexibility index (Phi) is 4.26. The van der Waals surface area contributed by atoms with E-state index in [0.717, 1.165) is 25.3 Å². The quantitative estimate of drug-likeness (QED) is 0.831. The molecule has 0 spiro atoms. The second-order valence-corrected chi connectivity index (χ2v) is 6.25. The van der Waals surface area contributed by atoms with Gasteiger partial charge in [0.25, 0.3) is 0 Å². The Balaban J connectivity index is 1.73. The molecule has 120 valence electrons. The molecule has 0 radical (unpaired) electrons. The molecule has 1 fully saturated rings. The highest BCUT2D eigenvalue weighted by atomic mass is 16.5. The minimum absolute atomic E-state index is 0.159. The predicted molar refractivity (Wildman–Crippen MR) is 82.4 cm³/mol. The fourth-order valence-electron chi connectivity index (χ4n) is 3.20. The third-order valence-corrected chi connectivity index (χ3v) is 4.27. The van der Waals surface area contributed by atoms with E-state index < -0.39 is 0 Å². The molecule has 22 heavy (non-hydrogen) atoms. The van der Waals surface area contributed by atoms with Gasteiger partial charge in [-0.25, -0.2) is 0 Å². The molecule has 0 unspecified atom stereocenters. The average Bonchev–Trinajstić information content (AvgIpc) is 3.18. The summed E-state index contributed by atoms with van der Waals surface area (Å²) in [5.41, 5.74) is 2.25. The van der Waals surface area contributed by atoms with Crippen molar-refractivity contribution in [2.75, 3.05) is 20.2 Å². The van der Waals surface area contributed by atoms with Gasteiger partial charge in [-0.1, -0.05) is 5.21 Å². The number of rotatable bonds is 5. The fraction of sp³-hybridized carbons (Fsp3) is 0.667. The molecule has 2 aromatic rings. The van der Waals surface area contributed by atoms with Crippen LogP contribution in [0.25, 0.3) is 0 Å². The molecule has 0 bridgehead atoms. The summed E-state index contributed by atoms with van der Waals surface area (Å²) in [4.78, 5) is 2.41. The van der Waals surface area contributed by atoms with Crippen LogP contribution in [0.3, 0.4) is 0 Å². The lowest BCUT2D eigenvalue weighted by Gasteiger charge is -2.18. The molecule has 7 heteroatoms. The molecule has 3 rings (SSSR count). The number of likely N-dealkylation sites (tertiary alicyclic amines) is 1. The topological polar surface area (TPSA) is 61.0 Å². The van der Waals surface area contributed by atoms with Crippen LogP contribution in [0, 0.1) is 0 Å². The summed E-state index contributed by atoms with van der Waals surface area (Å²) in [6, 6.07) is 2.47. The fourth-order valence-corrected chi connectivity index (χ4v) is 3.20. The van der Waals surface area contributed by atoms with E-state index in [-0.39, 0.29) is 12.0 Å². The Labute approximate surface area is 130 Å². The number of aromatic nitrogens is 5. The molecule has 1 saturated heterocycles. The van der Waals surface area contributed by atoms with E-state index in [1.807, 2.05) is 19.4 Å². The van der Waals surface area contributed by atoms with E-state index in [4.69, 9.17) is 4.74 Å². The van der Waals surface area contributed by atoms with Crippen LogP contribution in [-0.2, 0) is 18.3 Å². The highest BCUT2D eigenvalue weighted by Gasteiger charge is 2.36. The minimum Gasteiger partial charge on any atom is -0.379 e. The monoisotopic (exact) mass is 304 g/mol. The van der Waals surface area contributed by atoms with Gasteiger partial charge in [0.1, 0.15) is 0 Å². The number of hydrogen-bond acceptors (Lipinski definition) is 5. The zero-order valence-electron chi connectivity index (χ0n) is 13.7. The molecule has 0 aromatic carbocycles. The van der Waals surface area contributed by atoms with Crippen LogP contribution >= 0.6 is 0 Å². The summed E-state index contributed by atoms with van der Waals surface area (Å²) in [6.07, 6.45) is 4.02. The van der Waals surface area contributed by atoms with Gasteiger partial charge >= 0.3 is 0 Å². The zero-order chi connectivity index (χ0) is 15.7. The van der Waals surface area contributed by atoms with E-state index in [1.54, 1.807) is 11.8 Å². The van der Waals surface area contributed by atoms with Crippen molar-refractivity contribution in [2.24, 2.45) is 7.05 Å². The van der Waals surface area contributed by atoms with Crippen molar-refractivity contribution < 1.29 is 4.74 Å². The lowest BCUT2D eigenvalue weighted by molar-refractivity contribution is 0.0954. The maximum absolute atomic E-state index is 5.67. The zero-order valence-corrected chi connectivity index (χ0v) is 13.7. The number of nitrogens with zero attached hydrogens (tertiary/aromatic N) is 6.